The SMILES string of the molecule is CN1CCOC(CNC(=O)CCc2ccc(C(C)(C)C)cc2)C1. The number of hydrogen-bond donors (Lipinski definition) is 1. The van der Waals surface area contributed by atoms with Crippen LogP contribution < -0.4 is 5.32 Å². The Kier molecular flexibility index (Phi) is 6.19. The van der Waals surface area contributed by atoms with Crippen LogP contribution in [-0.2, 0) is 21.4 Å². The maximum Gasteiger partial charge on any atom is 0.220 e. The van der Waals surface area contributed by atoms with E-state index in [1.807, 2.05) is 0 Å². The molecule has 1 unspecified atom stereocenters. The van der Waals surface area contributed by atoms with E-state index in [4.69, 9.17) is 4.74 Å². The lowest BCUT2D eigenvalue weighted by atomic mass is 9.86. The largest absolute Gasteiger partial charge is 0.374 e. The number of carbonyl (C=O) groups is 1. The van der Waals surface area contributed by atoms with Gasteiger partial charge in [0.05, 0.1) is 12.7 Å². The molecule has 1 heterocycles. The Bertz CT molecular complexity index is 505. The van der Waals surface area contributed by atoms with Gasteiger partial charge in [-0.05, 0) is 30.0 Å². The molecule has 1 aliphatic rings. The van der Waals surface area contributed by atoms with Crippen molar-refractivity contribution in [2.45, 2.75) is 45.1 Å². The van der Waals surface area contributed by atoms with E-state index in [-0.39, 0.29) is 17.4 Å². The molecule has 4 heteroatoms. The molecule has 0 spiro atoms. The number of morpholine rings is 1. The van der Waals surface area contributed by atoms with E-state index in [0.717, 1.165) is 26.1 Å². The molecule has 1 aromatic carbocycles. The van der Waals surface area contributed by atoms with E-state index in [1.54, 1.807) is 0 Å². The summed E-state index contributed by atoms with van der Waals surface area (Å²) in [5.74, 6) is 0.0988. The molecule has 1 amide bonds. The minimum Gasteiger partial charge on any atom is -0.374 e. The van der Waals surface area contributed by atoms with Gasteiger partial charge in [0.25, 0.3) is 0 Å². The molecule has 0 saturated carbocycles. The van der Waals surface area contributed by atoms with Gasteiger partial charge in [0.15, 0.2) is 0 Å². The van der Waals surface area contributed by atoms with Crippen LogP contribution in [0.4, 0.5) is 0 Å². The summed E-state index contributed by atoms with van der Waals surface area (Å²) in [5, 5.41) is 2.99. The molecule has 1 aliphatic heterocycles. The van der Waals surface area contributed by atoms with Crippen LogP contribution in [0.5, 0.6) is 0 Å². The number of likely N-dealkylation sites (N-methyl/N-ethyl adjacent to an activating group) is 1. The highest BCUT2D eigenvalue weighted by Gasteiger charge is 2.18. The van der Waals surface area contributed by atoms with Crippen LogP contribution in [0.25, 0.3) is 0 Å². The maximum absolute atomic E-state index is 12.0. The highest BCUT2D eigenvalue weighted by molar-refractivity contribution is 5.76. The topological polar surface area (TPSA) is 41.6 Å². The van der Waals surface area contributed by atoms with Gasteiger partial charge in [-0.3, -0.25) is 4.79 Å². The van der Waals surface area contributed by atoms with Crippen molar-refractivity contribution in [2.24, 2.45) is 0 Å². The van der Waals surface area contributed by atoms with Crippen LogP contribution in [0.3, 0.4) is 0 Å². The van der Waals surface area contributed by atoms with Crippen molar-refractivity contribution < 1.29 is 9.53 Å². The fourth-order valence-electron chi connectivity index (χ4n) is 2.74. The van der Waals surface area contributed by atoms with Gasteiger partial charge in [-0.15, -0.1) is 0 Å². The second-order valence-corrected chi connectivity index (χ2v) is 7.51. The molecule has 1 saturated heterocycles. The van der Waals surface area contributed by atoms with Crippen LogP contribution in [-0.4, -0.2) is 50.2 Å². The summed E-state index contributed by atoms with van der Waals surface area (Å²) in [6.07, 6.45) is 1.42. The summed E-state index contributed by atoms with van der Waals surface area (Å²) in [7, 11) is 2.08. The van der Waals surface area contributed by atoms with Gasteiger partial charge in [0, 0.05) is 26.1 Å². The predicted octanol–water partition coefficient (Wildman–Crippen LogP) is 2.36. The molecule has 2 rings (SSSR count). The molecule has 1 N–H and O–H groups in total. The second kappa shape index (κ2) is 7.93. The molecule has 0 aromatic heterocycles. The average molecular weight is 318 g/mol. The molecule has 0 aliphatic carbocycles. The number of nitrogens with one attached hydrogen (secondary N) is 1. The van der Waals surface area contributed by atoms with Gasteiger partial charge in [-0.2, -0.15) is 0 Å². The highest BCUT2D eigenvalue weighted by Crippen LogP contribution is 2.22. The van der Waals surface area contributed by atoms with Crippen molar-refractivity contribution in [3.8, 4) is 0 Å². The number of ether oxygens (including phenoxy) is 1. The summed E-state index contributed by atoms with van der Waals surface area (Å²) >= 11 is 0. The van der Waals surface area contributed by atoms with E-state index in [9.17, 15) is 4.79 Å². The van der Waals surface area contributed by atoms with Crippen molar-refractivity contribution in [3.05, 3.63) is 35.4 Å². The van der Waals surface area contributed by atoms with Gasteiger partial charge in [-0.25, -0.2) is 0 Å². The number of carbonyl (C=O) groups excluding carboxylic acids is 1. The van der Waals surface area contributed by atoms with Crippen molar-refractivity contribution in [1.82, 2.24) is 10.2 Å². The first-order valence-electron chi connectivity index (χ1n) is 8.51. The minimum absolute atomic E-state index is 0.0988. The average Bonchev–Trinajstić information content (AvgIpc) is 2.50. The predicted molar refractivity (Wildman–Crippen MR) is 93.7 cm³/mol. The van der Waals surface area contributed by atoms with E-state index in [2.05, 4.69) is 62.3 Å². The van der Waals surface area contributed by atoms with E-state index >= 15 is 0 Å². The molecule has 128 valence electrons. The molecule has 23 heavy (non-hydrogen) atoms. The van der Waals surface area contributed by atoms with Crippen LogP contribution in [0.15, 0.2) is 24.3 Å². The molecule has 0 radical (unpaired) electrons. The van der Waals surface area contributed by atoms with Crippen molar-refractivity contribution >= 4 is 5.91 Å². The first-order chi connectivity index (χ1) is 10.8. The Hall–Kier alpha value is -1.39. The third-order valence-corrected chi connectivity index (χ3v) is 4.33. The standard InChI is InChI=1S/C19H30N2O2/c1-19(2,3)16-8-5-15(6-9-16)7-10-18(22)20-13-17-14-21(4)11-12-23-17/h5-6,8-9,17H,7,10-14H2,1-4H3,(H,20,22). The molecular formula is C19H30N2O2. The van der Waals surface area contributed by atoms with Crippen molar-refractivity contribution in [1.29, 1.82) is 0 Å². The highest BCUT2D eigenvalue weighted by atomic mass is 16.5. The third-order valence-electron chi connectivity index (χ3n) is 4.33. The van der Waals surface area contributed by atoms with E-state index < -0.39 is 0 Å². The van der Waals surface area contributed by atoms with Crippen LogP contribution >= 0.6 is 0 Å². The summed E-state index contributed by atoms with van der Waals surface area (Å²) in [4.78, 5) is 14.2. The Morgan fingerprint density at radius 3 is 2.61 bits per heavy atom. The van der Waals surface area contributed by atoms with Crippen LogP contribution in [0.2, 0.25) is 0 Å². The number of benzene rings is 1. The zero-order chi connectivity index (χ0) is 16.9. The quantitative estimate of drug-likeness (QED) is 0.906. The van der Waals surface area contributed by atoms with Crippen molar-refractivity contribution in [2.75, 3.05) is 33.3 Å². The lowest BCUT2D eigenvalue weighted by Gasteiger charge is -2.30. The zero-order valence-electron chi connectivity index (χ0n) is 14.9. The lowest BCUT2D eigenvalue weighted by Crippen LogP contribution is -2.45. The Morgan fingerprint density at radius 2 is 2.00 bits per heavy atom. The Balaban J connectivity index is 1.71. The van der Waals surface area contributed by atoms with Gasteiger partial charge < -0.3 is 15.0 Å². The molecular weight excluding hydrogens is 288 g/mol. The first-order valence-corrected chi connectivity index (χ1v) is 8.51. The fourth-order valence-corrected chi connectivity index (χ4v) is 2.74. The minimum atomic E-state index is 0.0988. The molecule has 4 nitrogen and oxygen atoms in total. The van der Waals surface area contributed by atoms with Gasteiger partial charge >= 0.3 is 0 Å². The first kappa shape index (κ1) is 18.0. The fraction of sp³-hybridized carbons (Fsp3) is 0.632. The van der Waals surface area contributed by atoms with Gasteiger partial charge in [0.1, 0.15) is 0 Å². The normalized spacial score (nSPS) is 19.6. The second-order valence-electron chi connectivity index (χ2n) is 7.51. The molecule has 1 atom stereocenters. The number of hydrogen-bond acceptors (Lipinski definition) is 3. The number of amides is 1. The Morgan fingerprint density at radius 1 is 1.30 bits per heavy atom. The zero-order valence-corrected chi connectivity index (χ0v) is 14.9. The Labute approximate surface area is 140 Å². The summed E-state index contributed by atoms with van der Waals surface area (Å²) < 4.78 is 5.65. The lowest BCUT2D eigenvalue weighted by molar-refractivity contribution is -0.122. The van der Waals surface area contributed by atoms with Crippen LogP contribution in [0, 0.1) is 0 Å². The van der Waals surface area contributed by atoms with Crippen molar-refractivity contribution in [3.63, 3.8) is 0 Å². The third kappa shape index (κ3) is 5.96. The summed E-state index contributed by atoms with van der Waals surface area (Å²) in [6.45, 7) is 9.83. The van der Waals surface area contributed by atoms with Gasteiger partial charge in [0.2, 0.25) is 5.91 Å². The van der Waals surface area contributed by atoms with E-state index in [0.29, 0.717) is 13.0 Å². The molecule has 0 bridgehead atoms. The summed E-state index contributed by atoms with van der Waals surface area (Å²) in [5.41, 5.74) is 2.70. The number of aryl methyl sites for hydroxylation is 1. The maximum atomic E-state index is 12.0. The number of rotatable bonds is 5. The van der Waals surface area contributed by atoms with Crippen LogP contribution in [0.1, 0.15) is 38.3 Å². The van der Waals surface area contributed by atoms with Gasteiger partial charge in [-0.1, -0.05) is 45.0 Å². The summed E-state index contributed by atoms with van der Waals surface area (Å²) in [6, 6.07) is 8.60. The number of nitrogens with zero attached hydrogens (tertiary/aromatic N) is 1. The van der Waals surface area contributed by atoms with E-state index in [1.165, 1.54) is 11.1 Å². The monoisotopic (exact) mass is 318 g/mol. The molecule has 1 fully saturated rings. The molecule has 1 aromatic rings. The smallest absolute Gasteiger partial charge is 0.220 e.